The summed E-state index contributed by atoms with van der Waals surface area (Å²) in [4.78, 5) is 23.0. The number of esters is 1. The fourth-order valence-corrected chi connectivity index (χ4v) is 1.83. The predicted octanol–water partition coefficient (Wildman–Crippen LogP) is 2.86. The fraction of sp³-hybridized carbons (Fsp3) is 0.429. The van der Waals surface area contributed by atoms with Gasteiger partial charge in [0, 0.05) is 10.7 Å². The van der Waals surface area contributed by atoms with E-state index in [4.69, 9.17) is 22.1 Å². The van der Waals surface area contributed by atoms with E-state index in [1.165, 1.54) is 13.2 Å². The smallest absolute Gasteiger partial charge is 0.412 e. The van der Waals surface area contributed by atoms with Gasteiger partial charge in [-0.2, -0.15) is 0 Å². The average molecular weight is 315 g/mol. The molecule has 7 heteroatoms. The summed E-state index contributed by atoms with van der Waals surface area (Å²) in [6.07, 6.45) is -0.594. The monoisotopic (exact) mass is 314 g/mol. The number of halogens is 1. The van der Waals surface area contributed by atoms with Crippen molar-refractivity contribution in [1.29, 1.82) is 0 Å². The zero-order valence-electron chi connectivity index (χ0n) is 12.4. The number of carbonyl (C=O) groups is 2. The molecule has 0 heterocycles. The number of rotatable bonds is 3. The van der Waals surface area contributed by atoms with Crippen LogP contribution in [0.15, 0.2) is 18.2 Å². The maximum Gasteiger partial charge on any atom is 0.412 e. The van der Waals surface area contributed by atoms with Crippen molar-refractivity contribution in [3.63, 3.8) is 0 Å². The van der Waals surface area contributed by atoms with Crippen molar-refractivity contribution in [1.82, 2.24) is 0 Å². The number of anilines is 1. The Bertz CT molecular complexity index is 540. The average Bonchev–Trinajstić information content (AvgIpc) is 2.34. The molecular formula is C14H19ClN2O4. The van der Waals surface area contributed by atoms with Crippen molar-refractivity contribution in [3.8, 4) is 0 Å². The molecule has 1 rings (SSSR count). The van der Waals surface area contributed by atoms with E-state index in [1.54, 1.807) is 32.9 Å². The van der Waals surface area contributed by atoms with Crippen LogP contribution in [0.4, 0.5) is 10.5 Å². The topological polar surface area (TPSA) is 90.6 Å². The number of benzene rings is 1. The van der Waals surface area contributed by atoms with Gasteiger partial charge >= 0.3 is 12.1 Å². The lowest BCUT2D eigenvalue weighted by atomic mass is 10.1. The molecule has 1 atom stereocenters. The van der Waals surface area contributed by atoms with E-state index in [1.807, 2.05) is 0 Å². The highest BCUT2D eigenvalue weighted by atomic mass is 35.5. The zero-order chi connectivity index (χ0) is 16.2. The van der Waals surface area contributed by atoms with Gasteiger partial charge < -0.3 is 15.2 Å². The minimum absolute atomic E-state index is 0.251. The first-order valence-corrected chi connectivity index (χ1v) is 6.64. The number of hydrogen-bond acceptors (Lipinski definition) is 5. The van der Waals surface area contributed by atoms with Gasteiger partial charge in [0.2, 0.25) is 0 Å². The fourth-order valence-electron chi connectivity index (χ4n) is 1.53. The normalized spacial score (nSPS) is 12.5. The van der Waals surface area contributed by atoms with Gasteiger partial charge in [-0.05, 0) is 38.5 Å². The zero-order valence-corrected chi connectivity index (χ0v) is 13.2. The van der Waals surface area contributed by atoms with Crippen LogP contribution in [0.3, 0.4) is 0 Å². The number of amides is 1. The highest BCUT2D eigenvalue weighted by Crippen LogP contribution is 2.26. The Morgan fingerprint density at radius 3 is 2.43 bits per heavy atom. The van der Waals surface area contributed by atoms with E-state index in [2.05, 4.69) is 10.1 Å². The highest BCUT2D eigenvalue weighted by molar-refractivity contribution is 6.32. The third kappa shape index (κ3) is 5.24. The molecule has 0 aromatic heterocycles. The molecule has 1 aromatic carbocycles. The molecule has 0 saturated carbocycles. The Balaban J connectivity index is 2.83. The molecule has 3 N–H and O–H groups in total. The quantitative estimate of drug-likeness (QED) is 0.837. The summed E-state index contributed by atoms with van der Waals surface area (Å²) in [5, 5.41) is 2.80. The summed E-state index contributed by atoms with van der Waals surface area (Å²) in [6, 6.07) is 3.65. The first-order chi connectivity index (χ1) is 9.64. The minimum Gasteiger partial charge on any atom is -0.468 e. The Labute approximate surface area is 128 Å². The van der Waals surface area contributed by atoms with Crippen molar-refractivity contribution in [2.75, 3.05) is 12.4 Å². The summed E-state index contributed by atoms with van der Waals surface area (Å²) in [7, 11) is 1.24. The Hall–Kier alpha value is -1.79. The summed E-state index contributed by atoms with van der Waals surface area (Å²) in [5.41, 5.74) is 5.97. The van der Waals surface area contributed by atoms with Gasteiger partial charge in [-0.1, -0.05) is 17.7 Å². The van der Waals surface area contributed by atoms with Gasteiger partial charge in [-0.15, -0.1) is 0 Å². The van der Waals surface area contributed by atoms with Crippen molar-refractivity contribution in [2.45, 2.75) is 32.4 Å². The van der Waals surface area contributed by atoms with E-state index in [9.17, 15) is 9.59 Å². The van der Waals surface area contributed by atoms with Crippen molar-refractivity contribution < 1.29 is 19.1 Å². The largest absolute Gasteiger partial charge is 0.468 e. The van der Waals surface area contributed by atoms with Crippen molar-refractivity contribution >= 4 is 29.4 Å². The molecule has 0 saturated heterocycles. The lowest BCUT2D eigenvalue weighted by Crippen LogP contribution is -2.27. The molecule has 116 valence electrons. The molecule has 0 aliphatic rings. The van der Waals surface area contributed by atoms with Gasteiger partial charge in [0.1, 0.15) is 11.6 Å². The molecule has 0 radical (unpaired) electrons. The van der Waals surface area contributed by atoms with Gasteiger partial charge in [-0.25, -0.2) is 4.79 Å². The molecule has 0 bridgehead atoms. The number of methoxy groups -OCH3 is 1. The van der Waals surface area contributed by atoms with Gasteiger partial charge in [-0.3, -0.25) is 10.1 Å². The van der Waals surface area contributed by atoms with Crippen molar-refractivity contribution in [3.05, 3.63) is 28.8 Å². The maximum atomic E-state index is 11.6. The van der Waals surface area contributed by atoms with Crippen LogP contribution in [0.25, 0.3) is 0 Å². The van der Waals surface area contributed by atoms with E-state index in [0.29, 0.717) is 11.3 Å². The maximum absolute atomic E-state index is 11.6. The summed E-state index contributed by atoms with van der Waals surface area (Å²) in [6.45, 7) is 5.29. The van der Waals surface area contributed by atoms with E-state index >= 15 is 0 Å². The van der Waals surface area contributed by atoms with Crippen LogP contribution < -0.4 is 11.1 Å². The molecule has 0 fully saturated rings. The summed E-state index contributed by atoms with van der Waals surface area (Å²) in [5.74, 6) is -0.593. The number of nitrogens with two attached hydrogens (primary N) is 1. The molecule has 0 spiro atoms. The summed E-state index contributed by atoms with van der Waals surface area (Å²) >= 11 is 6.06. The SMILES string of the molecule is COC(=O)C(N)c1ccc(NC(=O)OC(C)(C)C)cc1Cl. The van der Waals surface area contributed by atoms with E-state index in [-0.39, 0.29) is 5.02 Å². The molecule has 6 nitrogen and oxygen atoms in total. The standard InChI is InChI=1S/C14H19ClN2O4/c1-14(2,3)21-13(19)17-8-5-6-9(10(15)7-8)11(16)12(18)20-4/h5-7,11H,16H2,1-4H3,(H,17,19). The minimum atomic E-state index is -0.974. The Morgan fingerprint density at radius 1 is 1.33 bits per heavy atom. The molecular weight excluding hydrogens is 296 g/mol. The second kappa shape index (κ2) is 6.78. The Kier molecular flexibility index (Phi) is 5.57. The Morgan fingerprint density at radius 2 is 1.95 bits per heavy atom. The number of nitrogens with one attached hydrogen (secondary N) is 1. The molecule has 0 aliphatic carbocycles. The number of ether oxygens (including phenoxy) is 2. The lowest BCUT2D eigenvalue weighted by Gasteiger charge is -2.20. The molecule has 1 unspecified atom stereocenters. The number of carbonyl (C=O) groups excluding carboxylic acids is 2. The predicted molar refractivity (Wildman–Crippen MR) is 80.3 cm³/mol. The highest BCUT2D eigenvalue weighted by Gasteiger charge is 2.20. The van der Waals surface area contributed by atoms with Crippen LogP contribution in [0.5, 0.6) is 0 Å². The number of hydrogen-bond donors (Lipinski definition) is 2. The van der Waals surface area contributed by atoms with Crippen molar-refractivity contribution in [2.24, 2.45) is 5.73 Å². The second-order valence-electron chi connectivity index (χ2n) is 5.36. The van der Waals surface area contributed by atoms with Crippen LogP contribution >= 0.6 is 11.6 Å². The molecule has 1 amide bonds. The van der Waals surface area contributed by atoms with Crippen LogP contribution in [0, 0.1) is 0 Å². The van der Waals surface area contributed by atoms with Gasteiger partial charge in [0.05, 0.1) is 7.11 Å². The third-order valence-corrected chi connectivity index (χ3v) is 2.76. The van der Waals surface area contributed by atoms with Crippen LogP contribution in [-0.4, -0.2) is 24.8 Å². The molecule has 0 aliphatic heterocycles. The van der Waals surface area contributed by atoms with Crippen LogP contribution in [0.1, 0.15) is 32.4 Å². The third-order valence-electron chi connectivity index (χ3n) is 2.44. The molecule has 21 heavy (non-hydrogen) atoms. The van der Waals surface area contributed by atoms with E-state index in [0.717, 1.165) is 0 Å². The first-order valence-electron chi connectivity index (χ1n) is 6.27. The van der Waals surface area contributed by atoms with Gasteiger partial charge in [0.15, 0.2) is 0 Å². The second-order valence-corrected chi connectivity index (χ2v) is 5.77. The van der Waals surface area contributed by atoms with Crippen LogP contribution in [0.2, 0.25) is 5.02 Å². The van der Waals surface area contributed by atoms with Crippen LogP contribution in [-0.2, 0) is 14.3 Å². The van der Waals surface area contributed by atoms with Gasteiger partial charge in [0.25, 0.3) is 0 Å². The first kappa shape index (κ1) is 17.3. The molecule has 1 aromatic rings. The van der Waals surface area contributed by atoms with E-state index < -0.39 is 23.7 Å². The lowest BCUT2D eigenvalue weighted by molar-refractivity contribution is -0.142. The summed E-state index contributed by atoms with van der Waals surface area (Å²) < 4.78 is 9.68.